The van der Waals surface area contributed by atoms with Crippen molar-refractivity contribution in [2.45, 2.75) is 100 Å². The Bertz CT molecular complexity index is 390. The standard InChI is InChI=1S/C8H16O2.C7H12O.C7H14/c1-6(2)7(9)10-8(3,4)5;1-5(2)7(8)6-3-4-6;1-6(2)7-4-3-5-7/h6H,1-5H3;5-6H,3-4H2,1-2H3;6-7H,3-5H2,1-2H3. The van der Waals surface area contributed by atoms with Gasteiger partial charge in [0.25, 0.3) is 0 Å². The zero-order valence-electron chi connectivity index (χ0n) is 18.1. The van der Waals surface area contributed by atoms with Gasteiger partial charge >= 0.3 is 5.97 Å². The van der Waals surface area contributed by atoms with Gasteiger partial charge in [-0.05, 0) is 45.4 Å². The number of carbonyl (C=O) groups is 2. The molecule has 2 aliphatic carbocycles. The quantitative estimate of drug-likeness (QED) is 0.577. The number of esters is 1. The number of rotatable bonds is 4. The lowest BCUT2D eigenvalue weighted by molar-refractivity contribution is -0.158. The lowest BCUT2D eigenvalue weighted by Gasteiger charge is -2.28. The van der Waals surface area contributed by atoms with Gasteiger partial charge in [-0.1, -0.05) is 60.8 Å². The topological polar surface area (TPSA) is 43.4 Å². The summed E-state index contributed by atoms with van der Waals surface area (Å²) in [7, 11) is 0. The molecule has 0 aromatic heterocycles. The van der Waals surface area contributed by atoms with Crippen LogP contribution in [0.25, 0.3) is 0 Å². The van der Waals surface area contributed by atoms with E-state index in [-0.39, 0.29) is 23.4 Å². The van der Waals surface area contributed by atoms with Gasteiger partial charge in [0, 0.05) is 11.8 Å². The zero-order chi connectivity index (χ0) is 19.8. The molecule has 0 aliphatic heterocycles. The van der Waals surface area contributed by atoms with Crippen LogP contribution < -0.4 is 0 Å². The van der Waals surface area contributed by atoms with Crippen molar-refractivity contribution in [1.29, 1.82) is 0 Å². The van der Waals surface area contributed by atoms with E-state index in [0.717, 1.165) is 24.7 Å². The normalized spacial score (nSPS) is 17.3. The minimum Gasteiger partial charge on any atom is -0.460 e. The lowest BCUT2D eigenvalue weighted by Crippen LogP contribution is -2.26. The molecule has 2 fully saturated rings. The molecule has 0 aromatic rings. The molecular weight excluding hydrogens is 312 g/mol. The fourth-order valence-electron chi connectivity index (χ4n) is 2.37. The van der Waals surface area contributed by atoms with Gasteiger partial charge in [-0.3, -0.25) is 9.59 Å². The van der Waals surface area contributed by atoms with Crippen LogP contribution in [0.3, 0.4) is 0 Å². The molecule has 0 bridgehead atoms. The molecule has 0 aromatic carbocycles. The van der Waals surface area contributed by atoms with Crippen molar-refractivity contribution >= 4 is 11.8 Å². The van der Waals surface area contributed by atoms with Gasteiger partial charge < -0.3 is 4.74 Å². The van der Waals surface area contributed by atoms with E-state index in [0.29, 0.717) is 11.7 Å². The highest BCUT2D eigenvalue weighted by atomic mass is 16.6. The average Bonchev–Trinajstić information content (AvgIpc) is 3.18. The molecule has 0 amide bonds. The minimum atomic E-state index is -0.346. The summed E-state index contributed by atoms with van der Waals surface area (Å²) in [4.78, 5) is 21.8. The van der Waals surface area contributed by atoms with E-state index in [2.05, 4.69) is 13.8 Å². The van der Waals surface area contributed by atoms with Gasteiger partial charge in [-0.2, -0.15) is 0 Å². The maximum atomic E-state index is 10.9. The molecule has 2 rings (SSSR count). The predicted molar refractivity (Wildman–Crippen MR) is 105 cm³/mol. The van der Waals surface area contributed by atoms with E-state index in [1.165, 1.54) is 19.3 Å². The molecule has 0 saturated heterocycles. The van der Waals surface area contributed by atoms with Crippen LogP contribution in [0.15, 0.2) is 0 Å². The van der Waals surface area contributed by atoms with Crippen LogP contribution >= 0.6 is 0 Å². The summed E-state index contributed by atoms with van der Waals surface area (Å²) in [5.74, 6) is 3.06. The third-order valence-corrected chi connectivity index (χ3v) is 4.52. The van der Waals surface area contributed by atoms with E-state index in [1.807, 2.05) is 48.5 Å². The molecule has 0 heterocycles. The fourth-order valence-corrected chi connectivity index (χ4v) is 2.37. The first-order chi connectivity index (χ1) is 11.3. The molecule has 3 heteroatoms. The molecule has 3 nitrogen and oxygen atoms in total. The average molecular weight is 355 g/mol. The molecule has 0 spiro atoms. The number of Topliss-reactive ketones (excluding diaryl/α,β-unsaturated/α-hetero) is 1. The molecule has 0 atom stereocenters. The van der Waals surface area contributed by atoms with Crippen LogP contribution in [0.2, 0.25) is 0 Å². The highest BCUT2D eigenvalue weighted by Crippen LogP contribution is 2.32. The number of ketones is 1. The van der Waals surface area contributed by atoms with Gasteiger partial charge in [-0.15, -0.1) is 0 Å². The summed E-state index contributed by atoms with van der Waals surface area (Å²) >= 11 is 0. The van der Waals surface area contributed by atoms with Crippen LogP contribution in [0.1, 0.15) is 94.4 Å². The fraction of sp³-hybridized carbons (Fsp3) is 0.909. The van der Waals surface area contributed by atoms with Crippen molar-refractivity contribution in [3.05, 3.63) is 0 Å². The van der Waals surface area contributed by atoms with Gasteiger partial charge in [0.15, 0.2) is 0 Å². The largest absolute Gasteiger partial charge is 0.460 e. The Hall–Kier alpha value is -0.860. The van der Waals surface area contributed by atoms with E-state index in [4.69, 9.17) is 4.74 Å². The molecule has 0 radical (unpaired) electrons. The first-order valence-electron chi connectivity index (χ1n) is 10.1. The van der Waals surface area contributed by atoms with Crippen LogP contribution in [0, 0.1) is 29.6 Å². The first kappa shape index (κ1) is 24.1. The molecular formula is C22H42O3. The smallest absolute Gasteiger partial charge is 0.308 e. The first-order valence-corrected chi connectivity index (χ1v) is 10.1. The Morgan fingerprint density at radius 1 is 0.840 bits per heavy atom. The van der Waals surface area contributed by atoms with Crippen LogP contribution in [-0.2, 0) is 14.3 Å². The summed E-state index contributed by atoms with van der Waals surface area (Å²) in [6.07, 6.45) is 6.78. The lowest BCUT2D eigenvalue weighted by atomic mass is 9.78. The monoisotopic (exact) mass is 354 g/mol. The Kier molecular flexibility index (Phi) is 10.6. The summed E-state index contributed by atoms with van der Waals surface area (Å²) < 4.78 is 5.06. The summed E-state index contributed by atoms with van der Waals surface area (Å²) in [6.45, 7) is 17.9. The predicted octanol–water partition coefficient (Wildman–Crippen LogP) is 6.05. The van der Waals surface area contributed by atoms with Crippen molar-refractivity contribution in [3.8, 4) is 0 Å². The molecule has 148 valence electrons. The Balaban J connectivity index is 0.000000350. The molecule has 2 saturated carbocycles. The van der Waals surface area contributed by atoms with Gasteiger partial charge in [-0.25, -0.2) is 0 Å². The molecule has 0 N–H and O–H groups in total. The minimum absolute atomic E-state index is 0.0285. The third-order valence-electron chi connectivity index (χ3n) is 4.52. The Morgan fingerprint density at radius 3 is 1.40 bits per heavy atom. The highest BCUT2D eigenvalue weighted by molar-refractivity contribution is 5.84. The van der Waals surface area contributed by atoms with Gasteiger partial charge in [0.1, 0.15) is 11.4 Å². The molecule has 25 heavy (non-hydrogen) atoms. The SMILES string of the molecule is CC(C)C(=O)C1CC1.CC(C)C(=O)OC(C)(C)C.CC(C)C1CCC1. The van der Waals surface area contributed by atoms with Crippen molar-refractivity contribution in [2.24, 2.45) is 29.6 Å². The van der Waals surface area contributed by atoms with Crippen molar-refractivity contribution < 1.29 is 14.3 Å². The highest BCUT2D eigenvalue weighted by Gasteiger charge is 2.30. The van der Waals surface area contributed by atoms with E-state index in [9.17, 15) is 9.59 Å². The number of hydrogen-bond donors (Lipinski definition) is 0. The Morgan fingerprint density at radius 2 is 1.32 bits per heavy atom. The number of carbonyl (C=O) groups excluding carboxylic acids is 2. The van der Waals surface area contributed by atoms with Crippen molar-refractivity contribution in [1.82, 2.24) is 0 Å². The number of hydrogen-bond acceptors (Lipinski definition) is 3. The Labute approximate surface area is 156 Å². The summed E-state index contributed by atoms with van der Waals surface area (Å²) in [6, 6.07) is 0. The number of ether oxygens (including phenoxy) is 1. The van der Waals surface area contributed by atoms with E-state index >= 15 is 0 Å². The van der Waals surface area contributed by atoms with Gasteiger partial charge in [0.2, 0.25) is 0 Å². The maximum absolute atomic E-state index is 10.9. The van der Waals surface area contributed by atoms with Crippen LogP contribution in [0.4, 0.5) is 0 Å². The second-order valence-electron chi connectivity index (χ2n) is 9.45. The molecule has 0 unspecified atom stereocenters. The second kappa shape index (κ2) is 11.0. The van der Waals surface area contributed by atoms with E-state index in [1.54, 1.807) is 0 Å². The van der Waals surface area contributed by atoms with Crippen molar-refractivity contribution in [3.63, 3.8) is 0 Å². The third kappa shape index (κ3) is 12.2. The zero-order valence-corrected chi connectivity index (χ0v) is 18.1. The summed E-state index contributed by atoms with van der Waals surface area (Å²) in [5.41, 5.74) is -0.346. The summed E-state index contributed by atoms with van der Waals surface area (Å²) in [5, 5.41) is 0. The van der Waals surface area contributed by atoms with Gasteiger partial charge in [0.05, 0.1) is 5.92 Å². The van der Waals surface area contributed by atoms with E-state index < -0.39 is 0 Å². The maximum Gasteiger partial charge on any atom is 0.308 e. The van der Waals surface area contributed by atoms with Crippen LogP contribution in [0.5, 0.6) is 0 Å². The van der Waals surface area contributed by atoms with Crippen LogP contribution in [-0.4, -0.2) is 17.4 Å². The van der Waals surface area contributed by atoms with Crippen molar-refractivity contribution in [2.75, 3.05) is 0 Å². The second-order valence-corrected chi connectivity index (χ2v) is 9.45. The molecule has 2 aliphatic rings.